The number of rotatable bonds is 7. The lowest BCUT2D eigenvalue weighted by atomic mass is 10.1. The Kier molecular flexibility index (Phi) is 5.85. The molecule has 0 saturated heterocycles. The normalized spacial score (nSPS) is 10.8. The van der Waals surface area contributed by atoms with Crippen LogP contribution in [0.15, 0.2) is 108 Å². The third-order valence-corrected chi connectivity index (χ3v) is 5.25. The van der Waals surface area contributed by atoms with Crippen molar-refractivity contribution in [1.82, 2.24) is 4.98 Å². The molecular weight excluding hydrogens is 412 g/mol. The first kappa shape index (κ1) is 20.5. The molecule has 5 aromatic rings. The maximum Gasteiger partial charge on any atom is 0.255 e. The minimum Gasteiger partial charge on any atom is -0.489 e. The Morgan fingerprint density at radius 3 is 2.24 bits per heavy atom. The second kappa shape index (κ2) is 9.40. The predicted molar refractivity (Wildman–Crippen MR) is 128 cm³/mol. The molecule has 0 unspecified atom stereocenters. The van der Waals surface area contributed by atoms with Gasteiger partial charge in [0.05, 0.1) is 0 Å². The first-order valence-electron chi connectivity index (χ1n) is 10.7. The van der Waals surface area contributed by atoms with Gasteiger partial charge in [0.2, 0.25) is 0 Å². The lowest BCUT2D eigenvalue weighted by molar-refractivity contribution is 0.102. The highest BCUT2D eigenvalue weighted by Crippen LogP contribution is 2.22. The van der Waals surface area contributed by atoms with Crippen LogP contribution in [0.4, 0.5) is 5.69 Å². The van der Waals surface area contributed by atoms with Crippen molar-refractivity contribution >= 4 is 22.7 Å². The van der Waals surface area contributed by atoms with Crippen molar-refractivity contribution < 1.29 is 13.9 Å². The topological polar surface area (TPSA) is 64.4 Å². The molecule has 0 aliphatic heterocycles. The third-order valence-electron chi connectivity index (χ3n) is 5.25. The standard InChI is InChI=1S/C28H22N2O3/c31-28(22-11-14-24(15-12-22)32-19-21-9-5-2-6-10-21)29-23-13-16-26-25(18-23)30-27(33-26)17-20-7-3-1-4-8-20/h1-16,18H,17,19H2,(H,29,31). The van der Waals surface area contributed by atoms with E-state index < -0.39 is 0 Å². The molecular formula is C28H22N2O3. The maximum atomic E-state index is 12.7. The number of fused-ring (bicyclic) bond motifs is 1. The number of oxazole rings is 1. The molecule has 0 aliphatic rings. The zero-order valence-electron chi connectivity index (χ0n) is 17.9. The van der Waals surface area contributed by atoms with Crippen LogP contribution in [0, 0.1) is 0 Å². The molecule has 5 nitrogen and oxygen atoms in total. The number of anilines is 1. The molecule has 162 valence electrons. The average molecular weight is 434 g/mol. The third kappa shape index (κ3) is 5.10. The molecule has 4 aromatic carbocycles. The average Bonchev–Trinajstić information content (AvgIpc) is 3.26. The Hall–Kier alpha value is -4.38. The SMILES string of the molecule is O=C(Nc1ccc2oc(Cc3ccccc3)nc2c1)c1ccc(OCc2ccccc2)cc1. The van der Waals surface area contributed by atoms with E-state index in [4.69, 9.17) is 9.15 Å². The number of carbonyl (C=O) groups is 1. The number of nitrogens with zero attached hydrogens (tertiary/aromatic N) is 1. The fraction of sp³-hybridized carbons (Fsp3) is 0.0714. The Morgan fingerprint density at radius 2 is 1.52 bits per heavy atom. The number of aromatic nitrogens is 1. The highest BCUT2D eigenvalue weighted by atomic mass is 16.5. The number of benzene rings is 4. The summed E-state index contributed by atoms with van der Waals surface area (Å²) in [7, 11) is 0. The molecule has 0 atom stereocenters. The van der Waals surface area contributed by atoms with E-state index in [-0.39, 0.29) is 5.91 Å². The summed E-state index contributed by atoms with van der Waals surface area (Å²) in [6.45, 7) is 0.482. The van der Waals surface area contributed by atoms with Crippen LogP contribution in [-0.2, 0) is 13.0 Å². The van der Waals surface area contributed by atoms with E-state index in [1.54, 1.807) is 24.3 Å². The fourth-order valence-electron chi connectivity index (χ4n) is 3.55. The van der Waals surface area contributed by atoms with E-state index in [1.165, 1.54) is 0 Å². The quantitative estimate of drug-likeness (QED) is 0.329. The van der Waals surface area contributed by atoms with Gasteiger partial charge in [0.15, 0.2) is 11.5 Å². The van der Waals surface area contributed by atoms with Gasteiger partial charge in [-0.15, -0.1) is 0 Å². The van der Waals surface area contributed by atoms with Crippen molar-refractivity contribution in [1.29, 1.82) is 0 Å². The van der Waals surface area contributed by atoms with Crippen LogP contribution >= 0.6 is 0 Å². The van der Waals surface area contributed by atoms with Gasteiger partial charge in [0.25, 0.3) is 5.91 Å². The van der Waals surface area contributed by atoms with E-state index >= 15 is 0 Å². The molecule has 0 aliphatic carbocycles. The van der Waals surface area contributed by atoms with Crippen molar-refractivity contribution in [2.45, 2.75) is 13.0 Å². The first-order chi connectivity index (χ1) is 16.2. The van der Waals surface area contributed by atoms with Gasteiger partial charge in [-0.1, -0.05) is 60.7 Å². The minimum absolute atomic E-state index is 0.197. The van der Waals surface area contributed by atoms with Crippen LogP contribution in [0.3, 0.4) is 0 Å². The highest BCUT2D eigenvalue weighted by molar-refractivity contribution is 6.05. The zero-order chi connectivity index (χ0) is 22.5. The Labute approximate surface area is 191 Å². The van der Waals surface area contributed by atoms with Crippen molar-refractivity contribution in [3.8, 4) is 5.75 Å². The summed E-state index contributed by atoms with van der Waals surface area (Å²) in [6, 6.07) is 32.6. The number of amides is 1. The van der Waals surface area contributed by atoms with Crippen LogP contribution in [-0.4, -0.2) is 10.9 Å². The van der Waals surface area contributed by atoms with E-state index in [0.717, 1.165) is 11.1 Å². The Morgan fingerprint density at radius 1 is 0.818 bits per heavy atom. The number of nitrogens with one attached hydrogen (secondary N) is 1. The molecule has 5 heteroatoms. The number of carbonyl (C=O) groups excluding carboxylic acids is 1. The second-order valence-electron chi connectivity index (χ2n) is 7.71. The monoisotopic (exact) mass is 434 g/mol. The fourth-order valence-corrected chi connectivity index (χ4v) is 3.55. The summed E-state index contributed by atoms with van der Waals surface area (Å²) in [5.74, 6) is 1.16. The number of hydrogen-bond donors (Lipinski definition) is 1. The summed E-state index contributed by atoms with van der Waals surface area (Å²) >= 11 is 0. The second-order valence-corrected chi connectivity index (χ2v) is 7.71. The van der Waals surface area contributed by atoms with Crippen molar-refractivity contribution in [3.05, 3.63) is 126 Å². The molecule has 0 spiro atoms. The Bertz CT molecular complexity index is 1360. The van der Waals surface area contributed by atoms with Crippen LogP contribution in [0.2, 0.25) is 0 Å². The number of ether oxygens (including phenoxy) is 1. The van der Waals surface area contributed by atoms with E-state index in [0.29, 0.717) is 47.0 Å². The molecule has 0 saturated carbocycles. The maximum absolute atomic E-state index is 12.7. The molecule has 33 heavy (non-hydrogen) atoms. The van der Waals surface area contributed by atoms with Crippen LogP contribution in [0.5, 0.6) is 5.75 Å². The van der Waals surface area contributed by atoms with Crippen LogP contribution in [0.1, 0.15) is 27.4 Å². The summed E-state index contributed by atoms with van der Waals surface area (Å²) in [6.07, 6.45) is 0.621. The van der Waals surface area contributed by atoms with Crippen molar-refractivity contribution in [2.24, 2.45) is 0 Å². The summed E-state index contributed by atoms with van der Waals surface area (Å²) < 4.78 is 11.6. The molecule has 1 amide bonds. The summed E-state index contributed by atoms with van der Waals surface area (Å²) in [5.41, 5.74) is 4.84. The minimum atomic E-state index is -0.197. The van der Waals surface area contributed by atoms with Crippen LogP contribution < -0.4 is 10.1 Å². The van der Waals surface area contributed by atoms with Gasteiger partial charge < -0.3 is 14.5 Å². The van der Waals surface area contributed by atoms with Crippen LogP contribution in [0.25, 0.3) is 11.1 Å². The molecule has 1 heterocycles. The van der Waals surface area contributed by atoms with Gasteiger partial charge >= 0.3 is 0 Å². The van der Waals surface area contributed by atoms with E-state index in [9.17, 15) is 4.79 Å². The molecule has 1 N–H and O–H groups in total. The highest BCUT2D eigenvalue weighted by Gasteiger charge is 2.10. The van der Waals surface area contributed by atoms with Gasteiger partial charge in [-0.2, -0.15) is 0 Å². The molecule has 0 fully saturated rings. The van der Waals surface area contributed by atoms with Crippen molar-refractivity contribution in [2.75, 3.05) is 5.32 Å². The molecule has 5 rings (SSSR count). The lowest BCUT2D eigenvalue weighted by Crippen LogP contribution is -2.11. The predicted octanol–water partition coefficient (Wildman–Crippen LogP) is 6.25. The van der Waals surface area contributed by atoms with Gasteiger partial charge in [0, 0.05) is 17.7 Å². The summed E-state index contributed by atoms with van der Waals surface area (Å²) in [4.78, 5) is 17.3. The smallest absolute Gasteiger partial charge is 0.255 e. The first-order valence-corrected chi connectivity index (χ1v) is 10.7. The molecule has 1 aromatic heterocycles. The van der Waals surface area contributed by atoms with Gasteiger partial charge in [-0.3, -0.25) is 4.79 Å². The Balaban J connectivity index is 1.23. The molecule has 0 radical (unpaired) electrons. The molecule has 0 bridgehead atoms. The van der Waals surface area contributed by atoms with E-state index in [2.05, 4.69) is 10.3 Å². The summed E-state index contributed by atoms with van der Waals surface area (Å²) in [5, 5.41) is 2.93. The van der Waals surface area contributed by atoms with Gasteiger partial charge in [-0.25, -0.2) is 4.98 Å². The largest absolute Gasteiger partial charge is 0.489 e. The van der Waals surface area contributed by atoms with E-state index in [1.807, 2.05) is 78.9 Å². The zero-order valence-corrected chi connectivity index (χ0v) is 17.9. The van der Waals surface area contributed by atoms with Gasteiger partial charge in [-0.05, 0) is 53.6 Å². The van der Waals surface area contributed by atoms with Crippen molar-refractivity contribution in [3.63, 3.8) is 0 Å². The van der Waals surface area contributed by atoms with Gasteiger partial charge in [0.1, 0.15) is 17.9 Å². The number of hydrogen-bond acceptors (Lipinski definition) is 4. The lowest BCUT2D eigenvalue weighted by Gasteiger charge is -2.08.